The predicted octanol–water partition coefficient (Wildman–Crippen LogP) is 3.50. The molecule has 0 saturated heterocycles. The zero-order chi connectivity index (χ0) is 21.1. The van der Waals surface area contributed by atoms with Crippen LogP contribution in [0.25, 0.3) is 0 Å². The van der Waals surface area contributed by atoms with E-state index in [0.29, 0.717) is 5.75 Å². The molecule has 0 amide bonds. The second-order valence-electron chi connectivity index (χ2n) is 7.05. The van der Waals surface area contributed by atoms with Gasteiger partial charge in [-0.2, -0.15) is 0 Å². The van der Waals surface area contributed by atoms with Gasteiger partial charge in [0.2, 0.25) is 0 Å². The van der Waals surface area contributed by atoms with E-state index >= 15 is 0 Å². The van der Waals surface area contributed by atoms with Crippen molar-refractivity contribution >= 4 is 5.78 Å². The highest BCUT2D eigenvalue weighted by molar-refractivity contribution is 6.00. The van der Waals surface area contributed by atoms with Crippen LogP contribution in [0.2, 0.25) is 0 Å². The maximum atomic E-state index is 12.7. The fourth-order valence-electron chi connectivity index (χ4n) is 2.96. The largest absolute Gasteiger partial charge is 0.508 e. The van der Waals surface area contributed by atoms with E-state index in [-0.39, 0.29) is 22.6 Å². The quantitative estimate of drug-likeness (QED) is 0.475. The normalized spacial score (nSPS) is 13.6. The van der Waals surface area contributed by atoms with Gasteiger partial charge in [0.25, 0.3) is 0 Å². The molecule has 2 rings (SSSR count). The molecular weight excluding hydrogens is 360 g/mol. The van der Waals surface area contributed by atoms with Gasteiger partial charge in [-0.3, -0.25) is 4.79 Å². The van der Waals surface area contributed by atoms with Gasteiger partial charge in [-0.05, 0) is 30.3 Å². The molecule has 0 aromatic heterocycles. The zero-order valence-electron chi connectivity index (χ0n) is 16.5. The van der Waals surface area contributed by atoms with Gasteiger partial charge in [-0.25, -0.2) is 0 Å². The third-order valence-electron chi connectivity index (χ3n) is 4.82. The van der Waals surface area contributed by atoms with Gasteiger partial charge in [0.15, 0.2) is 5.78 Å². The summed E-state index contributed by atoms with van der Waals surface area (Å²) in [5.41, 5.74) is 0.710. The highest BCUT2D eigenvalue weighted by Gasteiger charge is 2.33. The van der Waals surface area contributed by atoms with Gasteiger partial charge in [0.1, 0.15) is 29.5 Å². The van der Waals surface area contributed by atoms with E-state index in [0.717, 1.165) is 5.56 Å². The summed E-state index contributed by atoms with van der Waals surface area (Å²) >= 11 is 0. The van der Waals surface area contributed by atoms with Crippen molar-refractivity contribution in [3.63, 3.8) is 0 Å². The number of Topliss-reactive ketones (excluding diaryl/α,β-unsaturated/α-hetero) is 1. The van der Waals surface area contributed by atoms with Crippen molar-refractivity contribution < 1.29 is 29.6 Å². The number of allylic oxidation sites excluding steroid dienone is 1. The van der Waals surface area contributed by atoms with E-state index in [2.05, 4.69) is 6.58 Å². The molecule has 6 heteroatoms. The lowest BCUT2D eigenvalue weighted by molar-refractivity contribution is -0.00535. The number of aromatic hydroxyl groups is 2. The average molecular weight is 386 g/mol. The van der Waals surface area contributed by atoms with Crippen molar-refractivity contribution in [3.8, 4) is 17.2 Å². The molecule has 0 spiro atoms. The Balaban J connectivity index is 2.50. The summed E-state index contributed by atoms with van der Waals surface area (Å²) in [5.74, 6) is -0.282. The number of aliphatic hydroxyl groups excluding tert-OH is 1. The highest BCUT2D eigenvalue weighted by Crippen LogP contribution is 2.40. The van der Waals surface area contributed by atoms with E-state index in [1.807, 2.05) is 13.8 Å². The molecule has 0 bridgehead atoms. The van der Waals surface area contributed by atoms with Crippen LogP contribution in [0.1, 0.15) is 41.4 Å². The topological polar surface area (TPSA) is 96.2 Å². The number of benzene rings is 2. The Hall–Kier alpha value is -2.83. The monoisotopic (exact) mass is 386 g/mol. The van der Waals surface area contributed by atoms with Crippen molar-refractivity contribution in [2.45, 2.75) is 31.5 Å². The smallest absolute Gasteiger partial charge is 0.194 e. The van der Waals surface area contributed by atoms with Crippen LogP contribution in [0.5, 0.6) is 17.2 Å². The fourth-order valence-corrected chi connectivity index (χ4v) is 2.96. The minimum Gasteiger partial charge on any atom is -0.508 e. The molecule has 150 valence electrons. The summed E-state index contributed by atoms with van der Waals surface area (Å²) in [5, 5.41) is 30.5. The number of aliphatic hydroxyl groups is 1. The molecule has 0 aliphatic carbocycles. The first kappa shape index (κ1) is 21.5. The maximum Gasteiger partial charge on any atom is 0.194 e. The van der Waals surface area contributed by atoms with Gasteiger partial charge in [0, 0.05) is 35.3 Å². The molecule has 2 aromatic rings. The van der Waals surface area contributed by atoms with Crippen LogP contribution >= 0.6 is 0 Å². The number of methoxy groups -OCH3 is 2. The Bertz CT molecular complexity index is 854. The number of carbonyl (C=O) groups excluding carboxylic acids is 1. The first-order valence-corrected chi connectivity index (χ1v) is 8.75. The number of hydrogen-bond donors (Lipinski definition) is 3. The van der Waals surface area contributed by atoms with E-state index < -0.39 is 23.4 Å². The Morgan fingerprint density at radius 3 is 2.25 bits per heavy atom. The molecule has 3 N–H and O–H groups in total. The third-order valence-corrected chi connectivity index (χ3v) is 4.82. The van der Waals surface area contributed by atoms with Crippen LogP contribution in [-0.2, 0) is 10.2 Å². The molecule has 0 fully saturated rings. The first-order chi connectivity index (χ1) is 13.2. The van der Waals surface area contributed by atoms with Gasteiger partial charge >= 0.3 is 0 Å². The Morgan fingerprint density at radius 2 is 1.75 bits per heavy atom. The third kappa shape index (κ3) is 4.18. The second kappa shape index (κ2) is 8.46. The van der Waals surface area contributed by atoms with Crippen molar-refractivity contribution in [2.24, 2.45) is 0 Å². The minimum atomic E-state index is -1.56. The van der Waals surface area contributed by atoms with Crippen LogP contribution in [0.3, 0.4) is 0 Å². The van der Waals surface area contributed by atoms with E-state index in [1.54, 1.807) is 12.1 Å². The van der Waals surface area contributed by atoms with Crippen molar-refractivity contribution in [1.82, 2.24) is 0 Å². The van der Waals surface area contributed by atoms with Gasteiger partial charge in [-0.1, -0.05) is 19.9 Å². The minimum absolute atomic E-state index is 0.0124. The summed E-state index contributed by atoms with van der Waals surface area (Å²) in [4.78, 5) is 12.7. The summed E-state index contributed by atoms with van der Waals surface area (Å²) in [6, 6.07) is 8.62. The molecular formula is C22H26O6. The lowest BCUT2D eigenvalue weighted by Crippen LogP contribution is -2.30. The highest BCUT2D eigenvalue weighted by atomic mass is 16.5. The lowest BCUT2D eigenvalue weighted by Gasteiger charge is -2.27. The molecule has 0 aliphatic heterocycles. The summed E-state index contributed by atoms with van der Waals surface area (Å²) in [6.07, 6.45) is -0.925. The Morgan fingerprint density at radius 1 is 1.14 bits per heavy atom. The maximum absolute atomic E-state index is 12.7. The van der Waals surface area contributed by atoms with E-state index in [4.69, 9.17) is 9.47 Å². The molecule has 2 atom stereocenters. The van der Waals surface area contributed by atoms with Crippen LogP contribution in [0.4, 0.5) is 0 Å². The van der Waals surface area contributed by atoms with Gasteiger partial charge in [-0.15, -0.1) is 6.58 Å². The van der Waals surface area contributed by atoms with E-state index in [9.17, 15) is 20.1 Å². The molecule has 0 aliphatic rings. The number of phenolic OH excluding ortho intramolecular Hbond substituents is 2. The molecule has 0 saturated carbocycles. The molecule has 0 radical (unpaired) electrons. The van der Waals surface area contributed by atoms with Crippen LogP contribution in [0, 0.1) is 0 Å². The number of rotatable bonds is 8. The number of hydrogen-bond acceptors (Lipinski definition) is 6. The molecule has 28 heavy (non-hydrogen) atoms. The summed E-state index contributed by atoms with van der Waals surface area (Å²) < 4.78 is 10.7. The standard InChI is InChI=1S/C22H26O6/c1-6-22(2,3)16-11-15(17(24)12-18(16)27-4)21(28-5)20(26)19(25)13-7-9-14(23)10-8-13/h6-12,20-21,23-24,26H,1H2,2-5H3. The molecule has 2 unspecified atom stereocenters. The second-order valence-corrected chi connectivity index (χ2v) is 7.05. The number of carbonyl (C=O) groups is 1. The van der Waals surface area contributed by atoms with Crippen LogP contribution in [-0.4, -0.2) is 41.4 Å². The first-order valence-electron chi connectivity index (χ1n) is 8.75. The Labute approximate surface area is 164 Å². The fraction of sp³-hybridized carbons (Fsp3) is 0.318. The van der Waals surface area contributed by atoms with Crippen molar-refractivity contribution in [1.29, 1.82) is 0 Å². The van der Waals surface area contributed by atoms with Gasteiger partial charge in [0.05, 0.1) is 7.11 Å². The van der Waals surface area contributed by atoms with E-state index in [1.165, 1.54) is 44.6 Å². The molecule has 0 heterocycles. The Kier molecular flexibility index (Phi) is 6.48. The average Bonchev–Trinajstić information content (AvgIpc) is 2.69. The van der Waals surface area contributed by atoms with Gasteiger partial charge < -0.3 is 24.8 Å². The van der Waals surface area contributed by atoms with Crippen LogP contribution < -0.4 is 4.74 Å². The number of ether oxygens (including phenoxy) is 2. The van der Waals surface area contributed by atoms with Crippen LogP contribution in [0.15, 0.2) is 49.1 Å². The number of phenols is 2. The number of ketones is 1. The summed E-state index contributed by atoms with van der Waals surface area (Å²) in [6.45, 7) is 7.70. The molecule has 6 nitrogen and oxygen atoms in total. The van der Waals surface area contributed by atoms with Crippen molar-refractivity contribution in [2.75, 3.05) is 14.2 Å². The zero-order valence-corrected chi connectivity index (χ0v) is 16.5. The SMILES string of the molecule is C=CC(C)(C)c1cc(C(OC)C(O)C(=O)c2ccc(O)cc2)c(O)cc1OC. The molecule has 2 aromatic carbocycles. The predicted molar refractivity (Wildman–Crippen MR) is 106 cm³/mol. The lowest BCUT2D eigenvalue weighted by atomic mass is 9.82. The van der Waals surface area contributed by atoms with Crippen molar-refractivity contribution in [3.05, 3.63) is 65.7 Å². The summed E-state index contributed by atoms with van der Waals surface area (Å²) in [7, 11) is 2.84.